The average molecular weight is 265 g/mol. The van der Waals surface area contributed by atoms with Crippen LogP contribution in [-0.2, 0) is 13.3 Å². The zero-order valence-electron chi connectivity index (χ0n) is 12.3. The molecule has 0 aliphatic rings. The summed E-state index contributed by atoms with van der Waals surface area (Å²) in [6, 6.07) is 0. The van der Waals surface area contributed by atoms with Gasteiger partial charge in [0.2, 0.25) is 0 Å². The molecule has 0 saturated carbocycles. The van der Waals surface area contributed by atoms with Gasteiger partial charge in [0, 0.05) is 19.8 Å². The molecule has 0 rings (SSSR count). The molecule has 0 spiro atoms. The molecule has 0 aromatic rings. The molecule has 0 amide bonds. The van der Waals surface area contributed by atoms with Crippen LogP contribution in [0, 0.1) is 0 Å². The van der Waals surface area contributed by atoms with Crippen LogP contribution in [0.15, 0.2) is 0 Å². The molecule has 0 unspecified atom stereocenters. The fourth-order valence-electron chi connectivity index (χ4n) is 1.03. The zero-order valence-corrected chi connectivity index (χ0v) is 13.4. The molecule has 0 heterocycles. The normalized spacial score (nSPS) is 10.2. The van der Waals surface area contributed by atoms with Crippen molar-refractivity contribution in [3.8, 4) is 0 Å². The maximum atomic E-state index is 5.22. The highest BCUT2D eigenvalue weighted by Gasteiger charge is 2.11. The van der Waals surface area contributed by atoms with Crippen LogP contribution >= 0.6 is 0 Å². The van der Waals surface area contributed by atoms with E-state index in [9.17, 15) is 0 Å². The molecule has 4 nitrogen and oxygen atoms in total. The van der Waals surface area contributed by atoms with Gasteiger partial charge in [-0.1, -0.05) is 13.8 Å². The van der Waals surface area contributed by atoms with Crippen LogP contribution in [0.25, 0.3) is 0 Å². The Morgan fingerprint density at radius 3 is 1.29 bits per heavy atom. The van der Waals surface area contributed by atoms with E-state index in [0.29, 0.717) is 19.8 Å². The van der Waals surface area contributed by atoms with E-state index in [2.05, 4.69) is 19.2 Å². The summed E-state index contributed by atoms with van der Waals surface area (Å²) in [5, 5.41) is 3.28. The van der Waals surface area contributed by atoms with Gasteiger partial charge in [-0.25, -0.2) is 0 Å². The quantitative estimate of drug-likeness (QED) is 0.485. The van der Waals surface area contributed by atoms with Gasteiger partial charge >= 0.3 is 9.53 Å². The second-order valence-electron chi connectivity index (χ2n) is 3.40. The number of hydrogen-bond donors (Lipinski definition) is 1. The van der Waals surface area contributed by atoms with E-state index in [0.717, 1.165) is 0 Å². The molecule has 0 aliphatic carbocycles. The highest BCUT2D eigenvalue weighted by atomic mass is 28.3. The molecule has 17 heavy (non-hydrogen) atoms. The van der Waals surface area contributed by atoms with E-state index in [4.69, 9.17) is 13.3 Å². The highest BCUT2D eigenvalue weighted by Crippen LogP contribution is 1.91. The van der Waals surface area contributed by atoms with Crippen LogP contribution in [0.5, 0.6) is 0 Å². The summed E-state index contributed by atoms with van der Waals surface area (Å²) in [5.41, 5.74) is 0. The lowest BCUT2D eigenvalue weighted by atomic mass is 10.4. The molecule has 5 heteroatoms. The van der Waals surface area contributed by atoms with Crippen LogP contribution in [0.2, 0.25) is 0 Å². The van der Waals surface area contributed by atoms with Crippen molar-refractivity contribution in [2.75, 3.05) is 32.9 Å². The summed E-state index contributed by atoms with van der Waals surface area (Å²) in [6.45, 7) is 14.6. The predicted molar refractivity (Wildman–Crippen MR) is 75.5 cm³/mol. The Morgan fingerprint density at radius 2 is 1.06 bits per heavy atom. The number of hydrogen-bond acceptors (Lipinski definition) is 4. The van der Waals surface area contributed by atoms with Crippen molar-refractivity contribution in [1.29, 1.82) is 0 Å². The molecule has 0 aliphatic heterocycles. The Kier molecular flexibility index (Phi) is 21.0. The van der Waals surface area contributed by atoms with Gasteiger partial charge in [-0.2, -0.15) is 0 Å². The van der Waals surface area contributed by atoms with Crippen molar-refractivity contribution in [2.24, 2.45) is 0 Å². The third-order valence-electron chi connectivity index (χ3n) is 1.76. The molecule has 0 saturated heterocycles. The molecule has 0 atom stereocenters. The first kappa shape index (κ1) is 19.4. The molecule has 0 fully saturated rings. The standard InChI is InChI=1S/C6H15N.C6H16O3Si/c1-3-5-7-6-4-2;1-4-7-10(8-5-2)9-6-3/h7H,3-6H2,1-2H3;10H,4-6H2,1-3H3. The first-order valence-electron chi connectivity index (χ1n) is 6.82. The number of rotatable bonds is 10. The van der Waals surface area contributed by atoms with E-state index in [-0.39, 0.29) is 0 Å². The zero-order chi connectivity index (χ0) is 13.4. The maximum Gasteiger partial charge on any atom is 0.484 e. The third kappa shape index (κ3) is 18.6. The van der Waals surface area contributed by atoms with Crippen molar-refractivity contribution in [2.45, 2.75) is 47.5 Å². The summed E-state index contributed by atoms with van der Waals surface area (Å²) < 4.78 is 15.7. The van der Waals surface area contributed by atoms with Crippen LogP contribution in [0.4, 0.5) is 0 Å². The lowest BCUT2D eigenvalue weighted by Gasteiger charge is -2.12. The lowest BCUT2D eigenvalue weighted by Crippen LogP contribution is -2.27. The van der Waals surface area contributed by atoms with E-state index < -0.39 is 9.53 Å². The minimum atomic E-state index is -1.73. The Labute approximate surface area is 109 Å². The number of nitrogens with one attached hydrogen (secondary N) is 1. The summed E-state index contributed by atoms with van der Waals surface area (Å²) in [5.74, 6) is 0. The fraction of sp³-hybridized carbons (Fsp3) is 1.00. The van der Waals surface area contributed by atoms with Crippen molar-refractivity contribution in [3.63, 3.8) is 0 Å². The minimum Gasteiger partial charge on any atom is -0.376 e. The minimum absolute atomic E-state index is 0.677. The van der Waals surface area contributed by atoms with Crippen molar-refractivity contribution >= 4 is 9.53 Å². The molecule has 0 aromatic heterocycles. The third-order valence-corrected chi connectivity index (χ3v) is 3.58. The summed E-state index contributed by atoms with van der Waals surface area (Å²) in [7, 11) is -1.73. The summed E-state index contributed by atoms with van der Waals surface area (Å²) in [4.78, 5) is 0. The van der Waals surface area contributed by atoms with Crippen molar-refractivity contribution in [3.05, 3.63) is 0 Å². The SMILES string of the molecule is CCCNCCC.CCO[SiH](OCC)OCC. The van der Waals surface area contributed by atoms with Gasteiger partial charge in [0.25, 0.3) is 0 Å². The topological polar surface area (TPSA) is 39.7 Å². The second-order valence-corrected chi connectivity index (χ2v) is 4.98. The van der Waals surface area contributed by atoms with Gasteiger partial charge in [-0.05, 0) is 46.7 Å². The Balaban J connectivity index is 0. The van der Waals surface area contributed by atoms with Crippen LogP contribution in [-0.4, -0.2) is 42.4 Å². The Morgan fingerprint density at radius 1 is 0.706 bits per heavy atom. The summed E-state index contributed by atoms with van der Waals surface area (Å²) in [6.07, 6.45) is 2.50. The molecule has 0 bridgehead atoms. The molecular weight excluding hydrogens is 234 g/mol. The predicted octanol–water partition coefficient (Wildman–Crippen LogP) is 2.21. The Bertz CT molecular complexity index is 110. The smallest absolute Gasteiger partial charge is 0.376 e. The van der Waals surface area contributed by atoms with Gasteiger partial charge < -0.3 is 18.6 Å². The van der Waals surface area contributed by atoms with Crippen LogP contribution in [0.3, 0.4) is 0 Å². The van der Waals surface area contributed by atoms with E-state index in [1.165, 1.54) is 25.9 Å². The van der Waals surface area contributed by atoms with Gasteiger partial charge in [-0.15, -0.1) is 0 Å². The Hall–Kier alpha value is 0.0569. The first-order valence-corrected chi connectivity index (χ1v) is 8.23. The monoisotopic (exact) mass is 265 g/mol. The molecular formula is C12H31NO3Si. The van der Waals surface area contributed by atoms with E-state index in [1.807, 2.05) is 20.8 Å². The molecule has 0 aromatic carbocycles. The van der Waals surface area contributed by atoms with E-state index in [1.54, 1.807) is 0 Å². The molecule has 106 valence electrons. The van der Waals surface area contributed by atoms with Gasteiger partial charge in [0.05, 0.1) is 0 Å². The van der Waals surface area contributed by atoms with Gasteiger partial charge in [0.15, 0.2) is 0 Å². The van der Waals surface area contributed by atoms with E-state index >= 15 is 0 Å². The molecule has 1 N–H and O–H groups in total. The fourth-order valence-corrected chi connectivity index (χ4v) is 2.14. The first-order chi connectivity index (χ1) is 8.26. The maximum absolute atomic E-state index is 5.22. The molecule has 0 radical (unpaired) electrons. The van der Waals surface area contributed by atoms with Gasteiger partial charge in [0.1, 0.15) is 0 Å². The largest absolute Gasteiger partial charge is 0.484 e. The van der Waals surface area contributed by atoms with Crippen LogP contribution in [0.1, 0.15) is 47.5 Å². The second kappa shape index (κ2) is 18.4. The van der Waals surface area contributed by atoms with Crippen molar-refractivity contribution < 1.29 is 13.3 Å². The van der Waals surface area contributed by atoms with Gasteiger partial charge in [-0.3, -0.25) is 0 Å². The van der Waals surface area contributed by atoms with Crippen molar-refractivity contribution in [1.82, 2.24) is 5.32 Å². The highest BCUT2D eigenvalue weighted by molar-refractivity contribution is 6.36. The van der Waals surface area contributed by atoms with Crippen LogP contribution < -0.4 is 5.32 Å². The lowest BCUT2D eigenvalue weighted by molar-refractivity contribution is 0.107. The average Bonchev–Trinajstić information content (AvgIpc) is 2.32. The summed E-state index contributed by atoms with van der Waals surface area (Å²) >= 11 is 0.